The molecule has 2 rings (SSSR count). The second kappa shape index (κ2) is 5.60. The van der Waals surface area contributed by atoms with E-state index in [-0.39, 0.29) is 23.4 Å². The molecule has 6 heteroatoms. The first kappa shape index (κ1) is 13.2. The van der Waals surface area contributed by atoms with E-state index < -0.39 is 11.7 Å². The first-order valence-corrected chi connectivity index (χ1v) is 6.01. The average Bonchev–Trinajstić information content (AvgIpc) is 2.88. The van der Waals surface area contributed by atoms with E-state index in [1.807, 2.05) is 13.8 Å². The predicted molar refractivity (Wildman–Crippen MR) is 66.9 cm³/mol. The summed E-state index contributed by atoms with van der Waals surface area (Å²) in [5.41, 5.74) is 0.178. The van der Waals surface area contributed by atoms with E-state index in [1.54, 1.807) is 12.1 Å². The maximum Gasteiger partial charge on any atom is 0.309 e. The fourth-order valence-corrected chi connectivity index (χ4v) is 1.45. The van der Waals surface area contributed by atoms with Gasteiger partial charge in [-0.25, -0.2) is 4.39 Å². The van der Waals surface area contributed by atoms with Gasteiger partial charge in [-0.15, -0.1) is 10.2 Å². The topological polar surface area (TPSA) is 68.0 Å². The van der Waals surface area contributed by atoms with Gasteiger partial charge >= 0.3 is 11.8 Å². The van der Waals surface area contributed by atoms with Crippen LogP contribution in [0.1, 0.15) is 31.0 Å². The van der Waals surface area contributed by atoms with Crippen molar-refractivity contribution >= 4 is 5.91 Å². The highest BCUT2D eigenvalue weighted by Gasteiger charge is 2.18. The Morgan fingerprint density at radius 3 is 2.84 bits per heavy atom. The van der Waals surface area contributed by atoms with Crippen LogP contribution in [-0.2, 0) is 0 Å². The molecule has 1 atom stereocenters. The molecule has 0 aliphatic rings. The first-order valence-electron chi connectivity index (χ1n) is 6.01. The minimum absolute atomic E-state index is 0.00704. The van der Waals surface area contributed by atoms with Crippen molar-refractivity contribution in [3.63, 3.8) is 0 Å². The average molecular weight is 263 g/mol. The van der Waals surface area contributed by atoms with Crippen LogP contribution in [-0.4, -0.2) is 22.1 Å². The van der Waals surface area contributed by atoms with Crippen LogP contribution in [0.25, 0.3) is 11.5 Å². The molecule has 1 aromatic carbocycles. The van der Waals surface area contributed by atoms with E-state index in [0.717, 1.165) is 6.42 Å². The van der Waals surface area contributed by atoms with Crippen LogP contribution >= 0.6 is 0 Å². The first-order chi connectivity index (χ1) is 9.11. The van der Waals surface area contributed by atoms with Crippen molar-refractivity contribution in [1.29, 1.82) is 0 Å². The number of nitrogens with zero attached hydrogens (tertiary/aromatic N) is 2. The van der Waals surface area contributed by atoms with Crippen LogP contribution in [0.15, 0.2) is 28.7 Å². The summed E-state index contributed by atoms with van der Waals surface area (Å²) in [7, 11) is 0. The second-order valence-electron chi connectivity index (χ2n) is 4.17. The monoisotopic (exact) mass is 263 g/mol. The summed E-state index contributed by atoms with van der Waals surface area (Å²) < 4.78 is 18.7. The van der Waals surface area contributed by atoms with Crippen LogP contribution in [0.3, 0.4) is 0 Å². The molecule has 19 heavy (non-hydrogen) atoms. The van der Waals surface area contributed by atoms with Gasteiger partial charge in [0.15, 0.2) is 0 Å². The van der Waals surface area contributed by atoms with Gasteiger partial charge in [0, 0.05) is 6.04 Å². The van der Waals surface area contributed by atoms with Gasteiger partial charge in [0.25, 0.3) is 5.89 Å². The van der Waals surface area contributed by atoms with E-state index >= 15 is 0 Å². The molecule has 1 amide bonds. The zero-order valence-corrected chi connectivity index (χ0v) is 10.7. The zero-order valence-electron chi connectivity index (χ0n) is 10.7. The van der Waals surface area contributed by atoms with E-state index in [2.05, 4.69) is 15.5 Å². The number of carbonyl (C=O) groups is 1. The van der Waals surface area contributed by atoms with Gasteiger partial charge in [-0.05, 0) is 25.5 Å². The van der Waals surface area contributed by atoms with Gasteiger partial charge in [-0.2, -0.15) is 0 Å². The highest BCUT2D eigenvalue weighted by Crippen LogP contribution is 2.20. The van der Waals surface area contributed by atoms with Gasteiger partial charge < -0.3 is 9.73 Å². The lowest BCUT2D eigenvalue weighted by atomic mass is 10.2. The molecule has 0 saturated carbocycles. The Morgan fingerprint density at radius 1 is 1.42 bits per heavy atom. The van der Waals surface area contributed by atoms with E-state index in [9.17, 15) is 9.18 Å². The minimum Gasteiger partial charge on any atom is -0.412 e. The molecule has 0 saturated heterocycles. The Balaban J connectivity index is 2.20. The molecule has 0 aliphatic carbocycles. The van der Waals surface area contributed by atoms with Gasteiger partial charge in [-0.3, -0.25) is 4.79 Å². The Kier molecular flexibility index (Phi) is 3.89. The number of benzene rings is 1. The summed E-state index contributed by atoms with van der Waals surface area (Å²) in [4.78, 5) is 11.7. The zero-order chi connectivity index (χ0) is 13.8. The number of nitrogens with one attached hydrogen (secondary N) is 1. The molecule has 1 aromatic heterocycles. The van der Waals surface area contributed by atoms with Gasteiger partial charge in [0.2, 0.25) is 0 Å². The van der Waals surface area contributed by atoms with E-state index in [1.165, 1.54) is 12.1 Å². The minimum atomic E-state index is -0.472. The molecule has 5 nitrogen and oxygen atoms in total. The molecule has 0 fully saturated rings. The quantitative estimate of drug-likeness (QED) is 0.919. The van der Waals surface area contributed by atoms with Crippen molar-refractivity contribution in [2.75, 3.05) is 0 Å². The number of aromatic nitrogens is 2. The second-order valence-corrected chi connectivity index (χ2v) is 4.17. The van der Waals surface area contributed by atoms with Crippen molar-refractivity contribution in [2.24, 2.45) is 0 Å². The lowest BCUT2D eigenvalue weighted by Crippen LogP contribution is -2.32. The number of hydrogen-bond acceptors (Lipinski definition) is 4. The number of rotatable bonds is 4. The summed E-state index contributed by atoms with van der Waals surface area (Å²) in [6, 6.07) is 6.03. The van der Waals surface area contributed by atoms with Crippen LogP contribution in [0, 0.1) is 5.82 Å². The molecule has 1 heterocycles. The Bertz CT molecular complexity index is 583. The summed E-state index contributed by atoms with van der Waals surface area (Å²) in [5.74, 6) is -1.10. The summed E-state index contributed by atoms with van der Waals surface area (Å²) in [5, 5.41) is 10.0. The molecule has 0 spiro atoms. The van der Waals surface area contributed by atoms with Gasteiger partial charge in [-0.1, -0.05) is 19.1 Å². The van der Waals surface area contributed by atoms with Crippen LogP contribution in [0.4, 0.5) is 4.39 Å². The molecule has 2 aromatic rings. The molecule has 0 radical (unpaired) electrons. The lowest BCUT2D eigenvalue weighted by Gasteiger charge is -2.08. The number of hydrogen-bond donors (Lipinski definition) is 1. The third-order valence-corrected chi connectivity index (χ3v) is 2.71. The van der Waals surface area contributed by atoms with E-state index in [4.69, 9.17) is 4.42 Å². The number of amides is 1. The molecular weight excluding hydrogens is 249 g/mol. The van der Waals surface area contributed by atoms with Gasteiger partial charge in [0.05, 0.1) is 5.56 Å². The Morgan fingerprint density at radius 2 is 2.16 bits per heavy atom. The van der Waals surface area contributed by atoms with Crippen LogP contribution < -0.4 is 5.32 Å². The van der Waals surface area contributed by atoms with Gasteiger partial charge in [0.1, 0.15) is 5.82 Å². The van der Waals surface area contributed by atoms with Crippen molar-refractivity contribution in [2.45, 2.75) is 26.3 Å². The van der Waals surface area contributed by atoms with Crippen molar-refractivity contribution in [3.8, 4) is 11.5 Å². The van der Waals surface area contributed by atoms with Crippen LogP contribution in [0.2, 0.25) is 0 Å². The fraction of sp³-hybridized carbons (Fsp3) is 0.308. The lowest BCUT2D eigenvalue weighted by molar-refractivity contribution is 0.0905. The molecule has 0 aliphatic heterocycles. The van der Waals surface area contributed by atoms with Crippen molar-refractivity contribution < 1.29 is 13.6 Å². The summed E-state index contributed by atoms with van der Waals surface area (Å²) in [6.07, 6.45) is 0.792. The third-order valence-electron chi connectivity index (χ3n) is 2.71. The Labute approximate surface area is 109 Å². The molecule has 100 valence electrons. The molecule has 1 unspecified atom stereocenters. The molecular formula is C13H14FN3O2. The SMILES string of the molecule is CCC(C)NC(=O)c1nnc(-c2ccccc2F)o1. The third kappa shape index (κ3) is 2.96. The maximum absolute atomic E-state index is 13.5. The highest BCUT2D eigenvalue weighted by atomic mass is 19.1. The van der Waals surface area contributed by atoms with Crippen LogP contribution in [0.5, 0.6) is 0 Å². The highest BCUT2D eigenvalue weighted by molar-refractivity contribution is 5.89. The van der Waals surface area contributed by atoms with Crippen molar-refractivity contribution in [3.05, 3.63) is 36.0 Å². The summed E-state index contributed by atoms with van der Waals surface area (Å²) >= 11 is 0. The van der Waals surface area contributed by atoms with E-state index in [0.29, 0.717) is 0 Å². The number of halogens is 1. The maximum atomic E-state index is 13.5. The smallest absolute Gasteiger partial charge is 0.309 e. The number of carbonyl (C=O) groups excluding carboxylic acids is 1. The summed E-state index contributed by atoms with van der Waals surface area (Å²) in [6.45, 7) is 3.82. The Hall–Kier alpha value is -2.24. The predicted octanol–water partition coefficient (Wildman–Crippen LogP) is 2.40. The molecule has 1 N–H and O–H groups in total. The largest absolute Gasteiger partial charge is 0.412 e. The van der Waals surface area contributed by atoms with Crippen molar-refractivity contribution in [1.82, 2.24) is 15.5 Å². The normalized spacial score (nSPS) is 12.2. The molecule has 0 bridgehead atoms. The standard InChI is InChI=1S/C13H14FN3O2/c1-3-8(2)15-11(18)13-17-16-12(19-13)9-6-4-5-7-10(9)14/h4-8H,3H2,1-2H3,(H,15,18). The fourth-order valence-electron chi connectivity index (χ4n) is 1.45.